The number of carbonyl (C=O) groups is 1. The van der Waals surface area contributed by atoms with Crippen molar-refractivity contribution in [1.82, 2.24) is 10.2 Å². The van der Waals surface area contributed by atoms with Crippen molar-refractivity contribution >= 4 is 5.91 Å². The second kappa shape index (κ2) is 7.84. The lowest BCUT2D eigenvalue weighted by Crippen LogP contribution is -2.31. The maximum atomic E-state index is 10.9. The minimum Gasteiger partial charge on any atom is -0.366 e. The highest BCUT2D eigenvalue weighted by atomic mass is 16.1. The topological polar surface area (TPSA) is 58.4 Å². The van der Waals surface area contributed by atoms with E-state index in [1.54, 1.807) is 12.1 Å². The highest BCUT2D eigenvalue weighted by Gasteiger charge is 2.00. The zero-order valence-electron chi connectivity index (χ0n) is 11.3. The van der Waals surface area contributed by atoms with Crippen LogP contribution < -0.4 is 11.1 Å². The van der Waals surface area contributed by atoms with E-state index < -0.39 is 0 Å². The summed E-state index contributed by atoms with van der Waals surface area (Å²) in [5.74, 6) is -0.379. The SMILES string of the molecule is CCN(CC)CCNCc1ccc(C(N)=O)cc1. The Hall–Kier alpha value is -1.39. The van der Waals surface area contributed by atoms with E-state index in [4.69, 9.17) is 5.73 Å². The van der Waals surface area contributed by atoms with Crippen molar-refractivity contribution < 1.29 is 4.79 Å². The van der Waals surface area contributed by atoms with Crippen molar-refractivity contribution in [2.24, 2.45) is 5.73 Å². The largest absolute Gasteiger partial charge is 0.366 e. The van der Waals surface area contributed by atoms with Crippen LogP contribution in [0.5, 0.6) is 0 Å². The van der Waals surface area contributed by atoms with Gasteiger partial charge < -0.3 is 16.0 Å². The lowest BCUT2D eigenvalue weighted by Gasteiger charge is -2.18. The summed E-state index contributed by atoms with van der Waals surface area (Å²) >= 11 is 0. The number of likely N-dealkylation sites (N-methyl/N-ethyl adjacent to an activating group) is 1. The molecule has 3 N–H and O–H groups in total. The molecule has 0 unspecified atom stereocenters. The van der Waals surface area contributed by atoms with Crippen LogP contribution in [-0.4, -0.2) is 37.0 Å². The molecule has 4 nitrogen and oxygen atoms in total. The van der Waals surface area contributed by atoms with Gasteiger partial charge >= 0.3 is 0 Å². The van der Waals surface area contributed by atoms with Crippen molar-refractivity contribution in [3.05, 3.63) is 35.4 Å². The average Bonchev–Trinajstić information content (AvgIpc) is 2.39. The summed E-state index contributed by atoms with van der Waals surface area (Å²) < 4.78 is 0. The maximum absolute atomic E-state index is 10.9. The van der Waals surface area contributed by atoms with Crippen LogP contribution in [0.25, 0.3) is 0 Å². The van der Waals surface area contributed by atoms with Gasteiger partial charge in [-0.1, -0.05) is 26.0 Å². The summed E-state index contributed by atoms with van der Waals surface area (Å²) in [6, 6.07) is 7.41. The number of benzene rings is 1. The molecule has 0 spiro atoms. The van der Waals surface area contributed by atoms with Gasteiger partial charge in [0.25, 0.3) is 0 Å². The fraction of sp³-hybridized carbons (Fsp3) is 0.500. The van der Waals surface area contributed by atoms with Crippen LogP contribution in [0, 0.1) is 0 Å². The summed E-state index contributed by atoms with van der Waals surface area (Å²) in [6.07, 6.45) is 0. The number of carbonyl (C=O) groups excluding carboxylic acids is 1. The van der Waals surface area contributed by atoms with Gasteiger partial charge in [0.2, 0.25) is 5.91 Å². The molecule has 0 fully saturated rings. The van der Waals surface area contributed by atoms with Crippen LogP contribution in [0.1, 0.15) is 29.8 Å². The standard InChI is InChI=1S/C14H23N3O/c1-3-17(4-2)10-9-16-11-12-5-7-13(8-6-12)14(15)18/h5-8,16H,3-4,9-11H2,1-2H3,(H2,15,18). The van der Waals surface area contributed by atoms with Gasteiger partial charge in [0.05, 0.1) is 0 Å². The Bertz CT molecular complexity index is 358. The first-order valence-electron chi connectivity index (χ1n) is 6.49. The third-order valence-electron chi connectivity index (χ3n) is 3.07. The van der Waals surface area contributed by atoms with Crippen molar-refractivity contribution in [3.8, 4) is 0 Å². The van der Waals surface area contributed by atoms with E-state index in [0.717, 1.165) is 32.7 Å². The van der Waals surface area contributed by atoms with Crippen LogP contribution >= 0.6 is 0 Å². The Labute approximate surface area is 109 Å². The van der Waals surface area contributed by atoms with E-state index in [2.05, 4.69) is 24.1 Å². The zero-order valence-corrected chi connectivity index (χ0v) is 11.3. The molecule has 1 rings (SSSR count). The van der Waals surface area contributed by atoms with Gasteiger partial charge in [-0.05, 0) is 30.8 Å². The van der Waals surface area contributed by atoms with Crippen LogP contribution in [0.2, 0.25) is 0 Å². The van der Waals surface area contributed by atoms with E-state index in [0.29, 0.717) is 5.56 Å². The lowest BCUT2D eigenvalue weighted by molar-refractivity contribution is 0.100. The molecule has 0 aliphatic carbocycles. The van der Waals surface area contributed by atoms with E-state index in [9.17, 15) is 4.79 Å². The Balaban J connectivity index is 2.29. The van der Waals surface area contributed by atoms with Crippen molar-refractivity contribution in [3.63, 3.8) is 0 Å². The normalized spacial score (nSPS) is 10.8. The number of nitrogens with two attached hydrogens (primary N) is 1. The molecular weight excluding hydrogens is 226 g/mol. The summed E-state index contributed by atoms with van der Waals surface area (Å²) in [7, 11) is 0. The van der Waals surface area contributed by atoms with E-state index >= 15 is 0 Å². The predicted octanol–water partition coefficient (Wildman–Crippen LogP) is 1.22. The molecule has 0 saturated carbocycles. The average molecular weight is 249 g/mol. The van der Waals surface area contributed by atoms with Crippen LogP contribution in [0.15, 0.2) is 24.3 Å². The highest BCUT2D eigenvalue weighted by Crippen LogP contribution is 2.03. The summed E-state index contributed by atoms with van der Waals surface area (Å²) in [5, 5.41) is 3.39. The molecular formula is C14H23N3O. The van der Waals surface area contributed by atoms with Crippen LogP contribution in [0.3, 0.4) is 0 Å². The van der Waals surface area contributed by atoms with Crippen LogP contribution in [-0.2, 0) is 6.54 Å². The predicted molar refractivity (Wildman–Crippen MR) is 74.5 cm³/mol. The van der Waals surface area contributed by atoms with Gasteiger partial charge in [0.1, 0.15) is 0 Å². The van der Waals surface area contributed by atoms with E-state index in [-0.39, 0.29) is 5.91 Å². The summed E-state index contributed by atoms with van der Waals surface area (Å²) in [5.41, 5.74) is 6.91. The monoisotopic (exact) mass is 249 g/mol. The minimum atomic E-state index is -0.379. The highest BCUT2D eigenvalue weighted by molar-refractivity contribution is 5.92. The zero-order chi connectivity index (χ0) is 13.4. The molecule has 0 aliphatic rings. The van der Waals surface area contributed by atoms with E-state index in [1.807, 2.05) is 12.1 Å². The Morgan fingerprint density at radius 1 is 1.22 bits per heavy atom. The second-order valence-electron chi connectivity index (χ2n) is 4.26. The first kappa shape index (κ1) is 14.7. The summed E-state index contributed by atoms with van der Waals surface area (Å²) in [4.78, 5) is 13.3. The Morgan fingerprint density at radius 3 is 2.33 bits per heavy atom. The van der Waals surface area contributed by atoms with E-state index in [1.165, 1.54) is 5.56 Å². The number of nitrogens with one attached hydrogen (secondary N) is 1. The number of nitrogens with zero attached hydrogens (tertiary/aromatic N) is 1. The fourth-order valence-corrected chi connectivity index (χ4v) is 1.80. The Morgan fingerprint density at radius 2 is 1.83 bits per heavy atom. The lowest BCUT2D eigenvalue weighted by atomic mass is 10.1. The number of hydrogen-bond acceptors (Lipinski definition) is 3. The molecule has 0 bridgehead atoms. The molecule has 0 aromatic heterocycles. The fourth-order valence-electron chi connectivity index (χ4n) is 1.80. The molecule has 4 heteroatoms. The molecule has 0 saturated heterocycles. The number of amides is 1. The molecule has 0 atom stereocenters. The molecule has 1 aromatic carbocycles. The quantitative estimate of drug-likeness (QED) is 0.681. The summed E-state index contributed by atoms with van der Waals surface area (Å²) in [6.45, 7) is 9.38. The third-order valence-corrected chi connectivity index (χ3v) is 3.07. The van der Waals surface area contributed by atoms with Gasteiger partial charge in [-0.15, -0.1) is 0 Å². The van der Waals surface area contributed by atoms with Gasteiger partial charge in [0, 0.05) is 25.2 Å². The van der Waals surface area contributed by atoms with Gasteiger partial charge in [-0.25, -0.2) is 0 Å². The smallest absolute Gasteiger partial charge is 0.248 e. The van der Waals surface area contributed by atoms with Crippen molar-refractivity contribution in [2.75, 3.05) is 26.2 Å². The molecule has 18 heavy (non-hydrogen) atoms. The molecule has 0 radical (unpaired) electrons. The molecule has 100 valence electrons. The number of primary amides is 1. The van der Waals surface area contributed by atoms with Crippen LogP contribution in [0.4, 0.5) is 0 Å². The number of hydrogen-bond donors (Lipinski definition) is 2. The molecule has 1 amide bonds. The van der Waals surface area contributed by atoms with Crippen molar-refractivity contribution in [2.45, 2.75) is 20.4 Å². The van der Waals surface area contributed by atoms with Gasteiger partial charge in [-0.2, -0.15) is 0 Å². The third kappa shape index (κ3) is 4.85. The molecule has 0 heterocycles. The first-order chi connectivity index (χ1) is 8.67. The Kier molecular flexibility index (Phi) is 6.39. The van der Waals surface area contributed by atoms with Crippen molar-refractivity contribution in [1.29, 1.82) is 0 Å². The second-order valence-corrected chi connectivity index (χ2v) is 4.26. The maximum Gasteiger partial charge on any atom is 0.248 e. The molecule has 1 aromatic rings. The van der Waals surface area contributed by atoms with Gasteiger partial charge in [-0.3, -0.25) is 4.79 Å². The minimum absolute atomic E-state index is 0.379. The molecule has 0 aliphatic heterocycles. The number of rotatable bonds is 8. The first-order valence-corrected chi connectivity index (χ1v) is 6.49. The van der Waals surface area contributed by atoms with Gasteiger partial charge in [0.15, 0.2) is 0 Å².